The highest BCUT2D eigenvalue weighted by Crippen LogP contribution is 2.19. The molecule has 0 aliphatic heterocycles. The van der Waals surface area contributed by atoms with Crippen molar-refractivity contribution in [2.45, 2.75) is 33.2 Å². The lowest BCUT2D eigenvalue weighted by Crippen LogP contribution is -2.25. The summed E-state index contributed by atoms with van der Waals surface area (Å²) in [7, 11) is 1.51. The largest absolute Gasteiger partial charge is 0.497 e. The Morgan fingerprint density at radius 2 is 1.80 bits per heavy atom. The Morgan fingerprint density at radius 3 is 2.49 bits per heavy atom. The lowest BCUT2D eigenvalue weighted by molar-refractivity contribution is -0.116. The number of aryl methyl sites for hydroxylation is 1. The van der Waals surface area contributed by atoms with Gasteiger partial charge in [-0.15, -0.1) is 0 Å². The summed E-state index contributed by atoms with van der Waals surface area (Å²) in [6.45, 7) is 5.90. The van der Waals surface area contributed by atoms with Crippen molar-refractivity contribution < 1.29 is 14.3 Å². The minimum atomic E-state index is -0.449. The van der Waals surface area contributed by atoms with Crippen LogP contribution in [-0.2, 0) is 11.3 Å². The van der Waals surface area contributed by atoms with Crippen LogP contribution in [0, 0.1) is 6.92 Å². The zero-order valence-electron chi connectivity index (χ0n) is 20.2. The average Bonchev–Trinajstić information content (AvgIpc) is 2.85. The highest BCUT2D eigenvalue weighted by Gasteiger charge is 2.19. The molecule has 0 bridgehead atoms. The predicted molar refractivity (Wildman–Crippen MR) is 136 cm³/mol. The lowest BCUT2D eigenvalue weighted by atomic mass is 10.0. The molecule has 0 radical (unpaired) electrons. The normalized spacial score (nSPS) is 11.0. The summed E-state index contributed by atoms with van der Waals surface area (Å²) in [5, 5.41) is 3.16. The monoisotopic (exact) mass is 469 g/mol. The maximum absolute atomic E-state index is 13.3. The Balaban J connectivity index is 1.71. The number of nitrogens with zero attached hydrogens (tertiary/aromatic N) is 2. The maximum Gasteiger partial charge on any atom is 0.244 e. The number of ether oxygens (including phenoxy) is 1. The first-order valence-electron chi connectivity index (χ1n) is 11.4. The van der Waals surface area contributed by atoms with Crippen molar-refractivity contribution in [1.82, 2.24) is 9.55 Å². The van der Waals surface area contributed by atoms with Gasteiger partial charge < -0.3 is 14.6 Å². The van der Waals surface area contributed by atoms with E-state index in [9.17, 15) is 14.4 Å². The van der Waals surface area contributed by atoms with Crippen molar-refractivity contribution in [3.8, 4) is 5.75 Å². The van der Waals surface area contributed by atoms with Crippen LogP contribution in [0.15, 0.2) is 71.7 Å². The molecule has 0 unspecified atom stereocenters. The smallest absolute Gasteiger partial charge is 0.244 e. The molecule has 4 rings (SSSR count). The summed E-state index contributed by atoms with van der Waals surface area (Å²) < 4.78 is 6.76. The Labute approximate surface area is 203 Å². The minimum absolute atomic E-state index is 0.0366. The quantitative estimate of drug-likeness (QED) is 0.396. The minimum Gasteiger partial charge on any atom is -0.497 e. The first kappa shape index (κ1) is 23.9. The molecule has 4 aromatic rings. The second kappa shape index (κ2) is 9.93. The van der Waals surface area contributed by atoms with E-state index in [2.05, 4.69) is 24.1 Å². The van der Waals surface area contributed by atoms with Gasteiger partial charge in [0.2, 0.25) is 11.3 Å². The number of methoxy groups -OCH3 is 1. The summed E-state index contributed by atoms with van der Waals surface area (Å²) in [5.41, 5.74) is 2.75. The Morgan fingerprint density at radius 1 is 1.06 bits per heavy atom. The van der Waals surface area contributed by atoms with Gasteiger partial charge in [-0.2, -0.15) is 0 Å². The van der Waals surface area contributed by atoms with Crippen molar-refractivity contribution >= 4 is 28.4 Å². The molecule has 0 saturated carbocycles. The third-order valence-corrected chi connectivity index (χ3v) is 5.81. The van der Waals surface area contributed by atoms with Crippen molar-refractivity contribution in [1.29, 1.82) is 0 Å². The van der Waals surface area contributed by atoms with E-state index in [1.807, 2.05) is 24.3 Å². The molecule has 2 aromatic carbocycles. The number of hydrogen-bond donors (Lipinski definition) is 1. The van der Waals surface area contributed by atoms with Gasteiger partial charge in [0.25, 0.3) is 0 Å². The fourth-order valence-electron chi connectivity index (χ4n) is 3.87. The number of rotatable bonds is 7. The van der Waals surface area contributed by atoms with Gasteiger partial charge in [-0.25, -0.2) is 4.98 Å². The van der Waals surface area contributed by atoms with Gasteiger partial charge in [-0.3, -0.25) is 14.4 Å². The van der Waals surface area contributed by atoms with E-state index in [4.69, 9.17) is 4.74 Å². The molecule has 1 N–H and O–H groups in total. The van der Waals surface area contributed by atoms with E-state index < -0.39 is 11.2 Å². The predicted octanol–water partition coefficient (Wildman–Crippen LogP) is 4.71. The van der Waals surface area contributed by atoms with E-state index in [0.717, 1.165) is 0 Å². The van der Waals surface area contributed by atoms with Gasteiger partial charge >= 0.3 is 0 Å². The summed E-state index contributed by atoms with van der Waals surface area (Å²) in [4.78, 5) is 43.9. The van der Waals surface area contributed by atoms with Gasteiger partial charge in [0.15, 0.2) is 5.78 Å². The fraction of sp³-hybridized carbons (Fsp3) is 0.214. The molecule has 7 nitrogen and oxygen atoms in total. The van der Waals surface area contributed by atoms with Crippen LogP contribution in [0.3, 0.4) is 0 Å². The molecule has 0 aliphatic carbocycles. The van der Waals surface area contributed by atoms with E-state index in [0.29, 0.717) is 34.3 Å². The number of aromatic nitrogens is 2. The molecular formula is C28H27N3O4. The SMILES string of the molecule is COc1cccc(C(=O)c2cn(CC(=O)Nc3ccc(C(C)C)cc3)c3nc(C)ccc3c2=O)c1. The van der Waals surface area contributed by atoms with Crippen LogP contribution in [0.25, 0.3) is 11.0 Å². The number of nitrogens with one attached hydrogen (secondary N) is 1. The molecule has 0 aliphatic rings. The molecule has 0 spiro atoms. The van der Waals surface area contributed by atoms with Gasteiger partial charge in [0.05, 0.1) is 18.1 Å². The Hall–Kier alpha value is -4.26. The number of ketones is 1. The second-order valence-electron chi connectivity index (χ2n) is 8.71. The van der Waals surface area contributed by atoms with Crippen LogP contribution >= 0.6 is 0 Å². The molecule has 1 amide bonds. The van der Waals surface area contributed by atoms with Gasteiger partial charge in [-0.05, 0) is 54.8 Å². The number of anilines is 1. The van der Waals surface area contributed by atoms with Crippen molar-refractivity contribution in [2.24, 2.45) is 0 Å². The van der Waals surface area contributed by atoms with Crippen LogP contribution in [-0.4, -0.2) is 28.4 Å². The van der Waals surface area contributed by atoms with Crippen LogP contribution in [0.5, 0.6) is 5.75 Å². The van der Waals surface area contributed by atoms with Crippen molar-refractivity contribution in [2.75, 3.05) is 12.4 Å². The van der Waals surface area contributed by atoms with Crippen LogP contribution in [0.2, 0.25) is 0 Å². The van der Waals surface area contributed by atoms with E-state index in [1.54, 1.807) is 47.9 Å². The lowest BCUT2D eigenvalue weighted by Gasteiger charge is -2.14. The Bertz CT molecular complexity index is 1470. The molecule has 2 heterocycles. The fourth-order valence-corrected chi connectivity index (χ4v) is 3.87. The molecular weight excluding hydrogens is 442 g/mol. The topological polar surface area (TPSA) is 90.3 Å². The zero-order valence-corrected chi connectivity index (χ0v) is 20.2. The number of amides is 1. The molecule has 35 heavy (non-hydrogen) atoms. The summed E-state index contributed by atoms with van der Waals surface area (Å²) in [6.07, 6.45) is 1.42. The van der Waals surface area contributed by atoms with E-state index in [1.165, 1.54) is 18.9 Å². The highest BCUT2D eigenvalue weighted by molar-refractivity contribution is 6.10. The average molecular weight is 470 g/mol. The number of benzene rings is 2. The maximum atomic E-state index is 13.3. The van der Waals surface area contributed by atoms with Gasteiger partial charge in [-0.1, -0.05) is 38.1 Å². The Kier molecular flexibility index (Phi) is 6.78. The molecule has 2 aromatic heterocycles. The van der Waals surface area contributed by atoms with E-state index >= 15 is 0 Å². The molecule has 0 saturated heterocycles. The second-order valence-corrected chi connectivity index (χ2v) is 8.71. The number of pyridine rings is 2. The summed E-state index contributed by atoms with van der Waals surface area (Å²) in [6, 6.07) is 17.6. The van der Waals surface area contributed by atoms with E-state index in [-0.39, 0.29) is 23.4 Å². The van der Waals surface area contributed by atoms with Crippen LogP contribution < -0.4 is 15.5 Å². The summed E-state index contributed by atoms with van der Waals surface area (Å²) >= 11 is 0. The van der Waals surface area contributed by atoms with Crippen LogP contribution in [0.1, 0.15) is 46.9 Å². The standard InChI is InChI=1S/C28H27N3O4/c1-17(2)19-9-11-21(12-10-19)30-25(32)16-31-15-24(26(33)20-6-5-7-22(14-20)35-4)27(34)23-13-8-18(3)29-28(23)31/h5-15,17H,16H2,1-4H3,(H,30,32). The molecule has 7 heteroatoms. The zero-order chi connectivity index (χ0) is 25.1. The van der Waals surface area contributed by atoms with Gasteiger partial charge in [0, 0.05) is 23.1 Å². The first-order chi connectivity index (χ1) is 16.8. The third kappa shape index (κ3) is 5.14. The first-order valence-corrected chi connectivity index (χ1v) is 11.4. The van der Waals surface area contributed by atoms with Crippen LogP contribution in [0.4, 0.5) is 5.69 Å². The molecule has 178 valence electrons. The summed E-state index contributed by atoms with van der Waals surface area (Å²) in [5.74, 6) is 0.157. The highest BCUT2D eigenvalue weighted by atomic mass is 16.5. The number of fused-ring (bicyclic) bond motifs is 1. The number of carbonyl (C=O) groups is 2. The van der Waals surface area contributed by atoms with Gasteiger partial charge in [0.1, 0.15) is 17.9 Å². The number of carbonyl (C=O) groups excluding carboxylic acids is 2. The van der Waals surface area contributed by atoms with Crippen molar-refractivity contribution in [3.05, 3.63) is 99.5 Å². The number of hydrogen-bond acceptors (Lipinski definition) is 5. The molecule has 0 fully saturated rings. The molecule has 0 atom stereocenters. The van der Waals surface area contributed by atoms with Crippen molar-refractivity contribution in [3.63, 3.8) is 0 Å². The third-order valence-electron chi connectivity index (χ3n) is 5.81.